The van der Waals surface area contributed by atoms with Gasteiger partial charge < -0.3 is 9.67 Å². The van der Waals surface area contributed by atoms with E-state index in [0.29, 0.717) is 0 Å². The highest BCUT2D eigenvalue weighted by atomic mass is 35.5. The van der Waals surface area contributed by atoms with E-state index in [-0.39, 0.29) is 17.9 Å². The van der Waals surface area contributed by atoms with Crippen LogP contribution in [0.1, 0.15) is 18.5 Å². The molecule has 2 aromatic heterocycles. The first-order valence-electron chi connectivity index (χ1n) is 4.74. The first kappa shape index (κ1) is 10.4. The number of aryl methyl sites for hydroxylation is 1. The van der Waals surface area contributed by atoms with E-state index >= 15 is 0 Å². The summed E-state index contributed by atoms with van der Waals surface area (Å²) in [6.45, 7) is 3.99. The highest BCUT2D eigenvalue weighted by Crippen LogP contribution is 2.22. The predicted molar refractivity (Wildman–Crippen MR) is 59.1 cm³/mol. The van der Waals surface area contributed by atoms with Gasteiger partial charge in [0, 0.05) is 17.8 Å². The Morgan fingerprint density at radius 1 is 1.60 bits per heavy atom. The van der Waals surface area contributed by atoms with Crippen molar-refractivity contribution in [3.8, 4) is 0 Å². The maximum Gasteiger partial charge on any atom is 0.224 e. The minimum atomic E-state index is -0.00725. The lowest BCUT2D eigenvalue weighted by atomic mass is 10.3. The normalized spacial score (nSPS) is 13.3. The Bertz CT molecular complexity index is 495. The molecule has 1 unspecified atom stereocenters. The van der Waals surface area contributed by atoms with Crippen LogP contribution in [0.3, 0.4) is 0 Å². The molecule has 0 aliphatic carbocycles. The number of aromatic nitrogens is 3. The molecule has 0 aromatic carbocycles. The highest BCUT2D eigenvalue weighted by Gasteiger charge is 2.12. The van der Waals surface area contributed by atoms with Gasteiger partial charge in [0.1, 0.15) is 5.65 Å². The molecule has 1 N–H and O–H groups in total. The van der Waals surface area contributed by atoms with Crippen LogP contribution in [0.2, 0.25) is 5.28 Å². The summed E-state index contributed by atoms with van der Waals surface area (Å²) in [5.41, 5.74) is 1.86. The fourth-order valence-corrected chi connectivity index (χ4v) is 1.72. The molecule has 0 fully saturated rings. The fourth-order valence-electron chi connectivity index (χ4n) is 1.59. The van der Waals surface area contributed by atoms with Crippen LogP contribution in [0.25, 0.3) is 11.0 Å². The Morgan fingerprint density at radius 3 is 3.00 bits per heavy atom. The Kier molecular flexibility index (Phi) is 2.63. The maximum absolute atomic E-state index is 9.13. The molecule has 0 amide bonds. The Hall–Kier alpha value is -1.13. The summed E-state index contributed by atoms with van der Waals surface area (Å²) in [7, 11) is 0. The van der Waals surface area contributed by atoms with Gasteiger partial charge in [0.15, 0.2) is 0 Å². The van der Waals surface area contributed by atoms with Crippen molar-refractivity contribution in [3.63, 3.8) is 0 Å². The van der Waals surface area contributed by atoms with Crippen molar-refractivity contribution in [2.45, 2.75) is 19.9 Å². The molecule has 80 valence electrons. The molecular weight excluding hydrogens is 214 g/mol. The van der Waals surface area contributed by atoms with Crippen LogP contribution in [0.5, 0.6) is 0 Å². The second-order valence-corrected chi connectivity index (χ2v) is 3.97. The average Bonchev–Trinajstić information content (AvgIpc) is 2.54. The van der Waals surface area contributed by atoms with E-state index in [2.05, 4.69) is 9.97 Å². The molecule has 0 bridgehead atoms. The summed E-state index contributed by atoms with van der Waals surface area (Å²) < 4.78 is 1.91. The lowest BCUT2D eigenvalue weighted by Gasteiger charge is -2.10. The van der Waals surface area contributed by atoms with E-state index in [1.165, 1.54) is 0 Å². The van der Waals surface area contributed by atoms with Gasteiger partial charge in [-0.25, -0.2) is 4.98 Å². The van der Waals surface area contributed by atoms with Crippen LogP contribution in [0.4, 0.5) is 0 Å². The number of halogens is 1. The van der Waals surface area contributed by atoms with Crippen LogP contribution >= 0.6 is 11.6 Å². The summed E-state index contributed by atoms with van der Waals surface area (Å²) >= 11 is 5.75. The van der Waals surface area contributed by atoms with Crippen molar-refractivity contribution in [2.75, 3.05) is 6.61 Å². The van der Waals surface area contributed by atoms with Gasteiger partial charge in [-0.3, -0.25) is 0 Å². The van der Waals surface area contributed by atoms with Crippen molar-refractivity contribution in [3.05, 3.63) is 23.2 Å². The third kappa shape index (κ3) is 1.70. The molecule has 0 saturated carbocycles. The number of fused-ring (bicyclic) bond motifs is 1. The summed E-state index contributed by atoms with van der Waals surface area (Å²) in [6.07, 6.45) is 3.66. The summed E-state index contributed by atoms with van der Waals surface area (Å²) in [5.74, 6) is 0. The molecule has 5 heteroatoms. The van der Waals surface area contributed by atoms with Crippen LogP contribution in [-0.4, -0.2) is 26.2 Å². The third-order valence-electron chi connectivity index (χ3n) is 2.48. The topological polar surface area (TPSA) is 50.9 Å². The van der Waals surface area contributed by atoms with Crippen LogP contribution in [0, 0.1) is 6.92 Å². The number of nitrogens with zero attached hydrogens (tertiary/aromatic N) is 3. The average molecular weight is 226 g/mol. The predicted octanol–water partition coefficient (Wildman–Crippen LogP) is 1.95. The zero-order valence-corrected chi connectivity index (χ0v) is 9.36. The van der Waals surface area contributed by atoms with Gasteiger partial charge in [0.2, 0.25) is 5.28 Å². The van der Waals surface area contributed by atoms with Gasteiger partial charge in [-0.05, 0) is 31.0 Å². The van der Waals surface area contributed by atoms with Crippen LogP contribution < -0.4 is 0 Å². The van der Waals surface area contributed by atoms with Gasteiger partial charge in [0.05, 0.1) is 12.6 Å². The van der Waals surface area contributed by atoms with Crippen molar-refractivity contribution < 1.29 is 5.11 Å². The van der Waals surface area contributed by atoms with Gasteiger partial charge in [-0.1, -0.05) is 0 Å². The largest absolute Gasteiger partial charge is 0.394 e. The van der Waals surface area contributed by atoms with Crippen molar-refractivity contribution in [1.29, 1.82) is 0 Å². The standard InChI is InChI=1S/C10H12ClN3O/c1-6-4-14(7(2)5-15)9-8(6)3-12-10(11)13-9/h3-4,7,15H,5H2,1-2H3. The van der Waals surface area contributed by atoms with E-state index in [1.807, 2.05) is 24.6 Å². The molecule has 0 radical (unpaired) electrons. The first-order chi connectivity index (χ1) is 7.13. The SMILES string of the molecule is Cc1cn(C(C)CO)c2nc(Cl)ncc12. The van der Waals surface area contributed by atoms with Gasteiger partial charge in [-0.2, -0.15) is 4.98 Å². The molecule has 0 spiro atoms. The van der Waals surface area contributed by atoms with Crippen molar-refractivity contribution >= 4 is 22.6 Å². The molecule has 0 saturated heterocycles. The molecule has 2 aromatic rings. The molecule has 0 aliphatic rings. The zero-order valence-electron chi connectivity index (χ0n) is 8.61. The van der Waals surface area contributed by atoms with E-state index < -0.39 is 0 Å². The van der Waals surface area contributed by atoms with Gasteiger partial charge in [-0.15, -0.1) is 0 Å². The zero-order chi connectivity index (χ0) is 11.0. The van der Waals surface area contributed by atoms with Gasteiger partial charge >= 0.3 is 0 Å². The molecule has 2 rings (SSSR count). The number of hydrogen-bond donors (Lipinski definition) is 1. The first-order valence-corrected chi connectivity index (χ1v) is 5.12. The molecule has 0 aliphatic heterocycles. The number of aliphatic hydroxyl groups excluding tert-OH is 1. The lowest BCUT2D eigenvalue weighted by Crippen LogP contribution is -2.08. The smallest absolute Gasteiger partial charge is 0.224 e. The van der Waals surface area contributed by atoms with E-state index in [0.717, 1.165) is 16.6 Å². The third-order valence-corrected chi connectivity index (χ3v) is 2.66. The molecular formula is C10H12ClN3O. The number of aliphatic hydroxyl groups is 1. The van der Waals surface area contributed by atoms with Crippen LogP contribution in [0.15, 0.2) is 12.4 Å². The molecule has 1 atom stereocenters. The monoisotopic (exact) mass is 225 g/mol. The molecule has 2 heterocycles. The lowest BCUT2D eigenvalue weighted by molar-refractivity contribution is 0.241. The van der Waals surface area contributed by atoms with Crippen molar-refractivity contribution in [2.24, 2.45) is 0 Å². The van der Waals surface area contributed by atoms with E-state index in [4.69, 9.17) is 16.7 Å². The molecule has 4 nitrogen and oxygen atoms in total. The summed E-state index contributed by atoms with van der Waals surface area (Å²) in [6, 6.07) is -0.00725. The van der Waals surface area contributed by atoms with E-state index in [1.54, 1.807) is 6.20 Å². The van der Waals surface area contributed by atoms with E-state index in [9.17, 15) is 0 Å². The Labute approximate surface area is 92.5 Å². The van der Waals surface area contributed by atoms with Crippen molar-refractivity contribution in [1.82, 2.24) is 14.5 Å². The maximum atomic E-state index is 9.13. The Balaban J connectivity index is 2.69. The quantitative estimate of drug-likeness (QED) is 0.795. The Morgan fingerprint density at radius 2 is 2.33 bits per heavy atom. The van der Waals surface area contributed by atoms with Gasteiger partial charge in [0.25, 0.3) is 0 Å². The highest BCUT2D eigenvalue weighted by molar-refractivity contribution is 6.28. The second kappa shape index (κ2) is 3.79. The number of hydrogen-bond acceptors (Lipinski definition) is 3. The summed E-state index contributed by atoms with van der Waals surface area (Å²) in [4.78, 5) is 8.12. The fraction of sp³-hybridized carbons (Fsp3) is 0.400. The second-order valence-electron chi connectivity index (χ2n) is 3.63. The minimum Gasteiger partial charge on any atom is -0.394 e. The minimum absolute atomic E-state index is 0.00725. The van der Waals surface area contributed by atoms with Crippen LogP contribution in [-0.2, 0) is 0 Å². The number of rotatable bonds is 2. The summed E-state index contributed by atoms with van der Waals surface area (Å²) in [5, 5.41) is 10.3. The molecule has 15 heavy (non-hydrogen) atoms.